The summed E-state index contributed by atoms with van der Waals surface area (Å²) in [6, 6.07) is 22.7. The Labute approximate surface area is 204 Å². The fourth-order valence-corrected chi connectivity index (χ4v) is 4.82. The number of likely N-dealkylation sites (tertiary alicyclic amines) is 1. The highest BCUT2D eigenvalue weighted by Crippen LogP contribution is 2.48. The average Bonchev–Trinajstić information content (AvgIpc) is 2.86. The van der Waals surface area contributed by atoms with Crippen LogP contribution in [0.3, 0.4) is 0 Å². The lowest BCUT2D eigenvalue weighted by Gasteiger charge is -2.37. The molecule has 5 rings (SSSR count). The number of ether oxygens (including phenoxy) is 2. The first-order valence-electron chi connectivity index (χ1n) is 11.8. The number of fused-ring (bicyclic) bond motifs is 1. The molecule has 0 radical (unpaired) electrons. The van der Waals surface area contributed by atoms with E-state index >= 15 is 0 Å². The van der Waals surface area contributed by atoms with Crippen LogP contribution in [-0.2, 0) is 0 Å². The quantitative estimate of drug-likeness (QED) is 0.486. The third-order valence-electron chi connectivity index (χ3n) is 6.73. The number of alkyl halides is 1. The Hall–Kier alpha value is -3.82. The SMILES string of the molecule is CC1=C(c2ccccc2C#N)C(c2ccc(OCCN3CC(CF)C3)cc2)Oc2ccc(O)cc21. The van der Waals surface area contributed by atoms with Gasteiger partial charge in [-0.05, 0) is 60.0 Å². The lowest BCUT2D eigenvalue weighted by atomic mass is 9.84. The van der Waals surface area contributed by atoms with E-state index in [1.54, 1.807) is 24.3 Å². The van der Waals surface area contributed by atoms with E-state index < -0.39 is 6.10 Å². The number of rotatable bonds is 7. The van der Waals surface area contributed by atoms with Gasteiger partial charge in [-0.2, -0.15) is 5.26 Å². The lowest BCUT2D eigenvalue weighted by molar-refractivity contribution is 0.0668. The van der Waals surface area contributed by atoms with E-state index in [1.807, 2.05) is 49.4 Å². The van der Waals surface area contributed by atoms with Gasteiger partial charge in [0.1, 0.15) is 30.0 Å². The summed E-state index contributed by atoms with van der Waals surface area (Å²) in [5, 5.41) is 19.8. The van der Waals surface area contributed by atoms with E-state index in [9.17, 15) is 14.8 Å². The number of hydrogen-bond donors (Lipinski definition) is 1. The van der Waals surface area contributed by atoms with Crippen molar-refractivity contribution in [1.29, 1.82) is 5.26 Å². The fraction of sp³-hybridized carbons (Fsp3) is 0.276. The van der Waals surface area contributed by atoms with Crippen LogP contribution in [0.2, 0.25) is 0 Å². The van der Waals surface area contributed by atoms with Crippen LogP contribution in [0.1, 0.15) is 35.3 Å². The molecule has 3 aromatic rings. The first kappa shape index (κ1) is 22.9. The van der Waals surface area contributed by atoms with Gasteiger partial charge in [0.05, 0.1) is 18.3 Å². The maximum atomic E-state index is 12.6. The highest BCUT2D eigenvalue weighted by atomic mass is 19.1. The molecule has 1 atom stereocenters. The molecule has 0 spiro atoms. The Morgan fingerprint density at radius 3 is 2.60 bits per heavy atom. The van der Waals surface area contributed by atoms with Gasteiger partial charge in [0.15, 0.2) is 0 Å². The molecule has 0 amide bonds. The molecule has 1 unspecified atom stereocenters. The van der Waals surface area contributed by atoms with Gasteiger partial charge in [-0.15, -0.1) is 0 Å². The summed E-state index contributed by atoms with van der Waals surface area (Å²) in [4.78, 5) is 2.19. The van der Waals surface area contributed by atoms with Gasteiger partial charge in [-0.1, -0.05) is 30.3 Å². The predicted molar refractivity (Wildman–Crippen MR) is 133 cm³/mol. The smallest absolute Gasteiger partial charge is 0.150 e. The molecule has 1 saturated heterocycles. The van der Waals surface area contributed by atoms with E-state index in [2.05, 4.69) is 11.0 Å². The molecule has 3 aromatic carbocycles. The maximum Gasteiger partial charge on any atom is 0.150 e. The molecular weight excluding hydrogens is 443 g/mol. The second-order valence-corrected chi connectivity index (χ2v) is 9.07. The number of allylic oxidation sites excluding steroid dienone is 1. The second-order valence-electron chi connectivity index (χ2n) is 9.07. The minimum Gasteiger partial charge on any atom is -0.508 e. The Kier molecular flexibility index (Phi) is 6.43. The zero-order valence-electron chi connectivity index (χ0n) is 19.6. The van der Waals surface area contributed by atoms with Gasteiger partial charge < -0.3 is 14.6 Å². The third-order valence-corrected chi connectivity index (χ3v) is 6.73. The van der Waals surface area contributed by atoms with Gasteiger partial charge in [0.2, 0.25) is 0 Å². The third kappa shape index (κ3) is 4.60. The Morgan fingerprint density at radius 1 is 1.09 bits per heavy atom. The Bertz CT molecular complexity index is 1290. The number of benzene rings is 3. The number of nitriles is 1. The molecule has 6 heteroatoms. The summed E-state index contributed by atoms with van der Waals surface area (Å²) >= 11 is 0. The van der Waals surface area contributed by atoms with Crippen LogP contribution in [0.25, 0.3) is 11.1 Å². The molecule has 2 heterocycles. The van der Waals surface area contributed by atoms with E-state index in [4.69, 9.17) is 9.47 Å². The van der Waals surface area contributed by atoms with Crippen LogP contribution in [-0.4, -0.2) is 42.9 Å². The molecule has 1 N–H and O–H groups in total. The molecule has 5 nitrogen and oxygen atoms in total. The molecule has 0 bridgehead atoms. The van der Waals surface area contributed by atoms with Crippen molar-refractivity contribution >= 4 is 11.1 Å². The molecule has 0 saturated carbocycles. The highest BCUT2D eigenvalue weighted by Gasteiger charge is 2.31. The van der Waals surface area contributed by atoms with Gasteiger partial charge in [0, 0.05) is 36.7 Å². The van der Waals surface area contributed by atoms with Crippen molar-refractivity contribution in [1.82, 2.24) is 4.90 Å². The second kappa shape index (κ2) is 9.81. The lowest BCUT2D eigenvalue weighted by Crippen LogP contribution is -2.49. The monoisotopic (exact) mass is 470 g/mol. The largest absolute Gasteiger partial charge is 0.508 e. The molecule has 2 aliphatic heterocycles. The van der Waals surface area contributed by atoms with E-state index in [-0.39, 0.29) is 18.3 Å². The number of aromatic hydroxyl groups is 1. The fourth-order valence-electron chi connectivity index (χ4n) is 4.82. The predicted octanol–water partition coefficient (Wildman–Crippen LogP) is 5.61. The topological polar surface area (TPSA) is 65.7 Å². The molecule has 0 aliphatic carbocycles. The van der Waals surface area contributed by atoms with Crippen molar-refractivity contribution in [2.45, 2.75) is 13.0 Å². The van der Waals surface area contributed by atoms with Crippen molar-refractivity contribution in [2.24, 2.45) is 5.92 Å². The molecular formula is C29H27FN2O3. The summed E-state index contributed by atoms with van der Waals surface area (Å²) in [5.41, 5.74) is 4.98. The van der Waals surface area contributed by atoms with Crippen LogP contribution in [0, 0.1) is 17.2 Å². The summed E-state index contributed by atoms with van der Waals surface area (Å²) in [7, 11) is 0. The van der Waals surface area contributed by atoms with Crippen LogP contribution in [0.15, 0.2) is 66.7 Å². The summed E-state index contributed by atoms with van der Waals surface area (Å²) in [6.07, 6.45) is -0.422. The summed E-state index contributed by atoms with van der Waals surface area (Å²) < 4.78 is 24.9. The molecule has 35 heavy (non-hydrogen) atoms. The number of hydrogen-bond acceptors (Lipinski definition) is 5. The van der Waals surface area contributed by atoms with Crippen molar-refractivity contribution in [3.05, 3.63) is 89.0 Å². The summed E-state index contributed by atoms with van der Waals surface area (Å²) in [5.74, 6) is 1.79. The van der Waals surface area contributed by atoms with E-state index in [0.29, 0.717) is 17.9 Å². The minimum atomic E-state index is -0.422. The molecule has 178 valence electrons. The molecule has 1 fully saturated rings. The summed E-state index contributed by atoms with van der Waals surface area (Å²) in [6.45, 7) is 4.69. The van der Waals surface area contributed by atoms with Gasteiger partial charge in [-0.3, -0.25) is 9.29 Å². The minimum absolute atomic E-state index is 0.165. The average molecular weight is 471 g/mol. The van der Waals surface area contributed by atoms with Gasteiger partial charge >= 0.3 is 0 Å². The van der Waals surface area contributed by atoms with Crippen LogP contribution < -0.4 is 9.47 Å². The van der Waals surface area contributed by atoms with E-state index in [0.717, 1.165) is 53.2 Å². The zero-order valence-corrected chi connectivity index (χ0v) is 19.6. The van der Waals surface area contributed by atoms with Crippen LogP contribution >= 0.6 is 0 Å². The number of phenols is 1. The van der Waals surface area contributed by atoms with E-state index in [1.165, 1.54) is 0 Å². The van der Waals surface area contributed by atoms with Crippen molar-refractivity contribution in [2.75, 3.05) is 32.9 Å². The van der Waals surface area contributed by atoms with Crippen molar-refractivity contribution < 1.29 is 19.0 Å². The number of phenolic OH excluding ortho intramolecular Hbond substituents is 1. The first-order chi connectivity index (χ1) is 17.1. The van der Waals surface area contributed by atoms with Crippen molar-refractivity contribution in [3.8, 4) is 23.3 Å². The molecule has 2 aliphatic rings. The van der Waals surface area contributed by atoms with Crippen LogP contribution in [0.4, 0.5) is 4.39 Å². The Balaban J connectivity index is 1.41. The first-order valence-corrected chi connectivity index (χ1v) is 11.8. The molecule has 0 aromatic heterocycles. The van der Waals surface area contributed by atoms with Gasteiger partial charge in [-0.25, -0.2) is 0 Å². The zero-order chi connectivity index (χ0) is 24.4. The number of halogens is 1. The number of nitrogens with zero attached hydrogens (tertiary/aromatic N) is 2. The normalized spacial score (nSPS) is 17.8. The van der Waals surface area contributed by atoms with Crippen LogP contribution in [0.5, 0.6) is 17.2 Å². The van der Waals surface area contributed by atoms with Crippen molar-refractivity contribution in [3.63, 3.8) is 0 Å². The van der Waals surface area contributed by atoms with Gasteiger partial charge in [0.25, 0.3) is 0 Å². The standard InChI is InChI=1S/C29H27FN2O3/c1-19-26-14-23(33)8-11-27(26)35-29(28(19)25-5-3-2-4-22(25)16-31)21-6-9-24(10-7-21)34-13-12-32-17-20(15-30)18-32/h2-11,14,20,29,33H,12-13,15,17-18H2,1H3. The Morgan fingerprint density at radius 2 is 1.86 bits per heavy atom. The maximum absolute atomic E-state index is 12.6. The highest BCUT2D eigenvalue weighted by molar-refractivity contribution is 5.96.